The zero-order chi connectivity index (χ0) is 13.5. The summed E-state index contributed by atoms with van der Waals surface area (Å²) < 4.78 is 5.46. The summed E-state index contributed by atoms with van der Waals surface area (Å²) in [5.41, 5.74) is 0. The first-order valence-corrected chi connectivity index (χ1v) is 7.65. The van der Waals surface area contributed by atoms with Gasteiger partial charge in [0.05, 0.1) is 0 Å². The number of amides is 1. The topological polar surface area (TPSA) is 80.0 Å². The van der Waals surface area contributed by atoms with E-state index in [4.69, 9.17) is 4.42 Å². The predicted molar refractivity (Wildman–Crippen MR) is 72.2 cm³/mol. The molecule has 2 unspecified atom stereocenters. The van der Waals surface area contributed by atoms with E-state index in [1.54, 1.807) is 0 Å². The molecule has 4 rings (SSSR count). The summed E-state index contributed by atoms with van der Waals surface area (Å²) in [6.45, 7) is 0. The lowest BCUT2D eigenvalue weighted by atomic mass is 9.89. The van der Waals surface area contributed by atoms with Crippen molar-refractivity contribution in [2.24, 2.45) is 5.92 Å². The largest absolute Gasteiger partial charge is 0.408 e. The van der Waals surface area contributed by atoms with Crippen molar-refractivity contribution in [3.63, 3.8) is 0 Å². The van der Waals surface area contributed by atoms with Gasteiger partial charge in [0, 0.05) is 24.4 Å². The average Bonchev–Trinajstić information content (AvgIpc) is 3.08. The molecule has 2 bridgehead atoms. The van der Waals surface area contributed by atoms with E-state index in [-0.39, 0.29) is 11.9 Å². The van der Waals surface area contributed by atoms with E-state index in [2.05, 4.69) is 20.8 Å². The van der Waals surface area contributed by atoms with Crippen molar-refractivity contribution in [2.45, 2.75) is 62.9 Å². The molecule has 2 N–H and O–H groups in total. The summed E-state index contributed by atoms with van der Waals surface area (Å²) in [6.07, 6.45) is 7.55. The molecule has 0 aromatic carbocycles. The first-order valence-electron chi connectivity index (χ1n) is 7.65. The van der Waals surface area contributed by atoms with Crippen LogP contribution in [0, 0.1) is 5.92 Å². The van der Waals surface area contributed by atoms with Gasteiger partial charge in [0.15, 0.2) is 0 Å². The van der Waals surface area contributed by atoms with E-state index in [1.165, 1.54) is 12.8 Å². The zero-order valence-electron chi connectivity index (χ0n) is 11.5. The highest BCUT2D eigenvalue weighted by atomic mass is 16.4. The van der Waals surface area contributed by atoms with Crippen LogP contribution in [-0.4, -0.2) is 28.2 Å². The minimum Gasteiger partial charge on any atom is -0.408 e. The molecule has 0 radical (unpaired) electrons. The van der Waals surface area contributed by atoms with Crippen LogP contribution in [0.4, 0.5) is 6.01 Å². The minimum absolute atomic E-state index is 0.00213. The number of anilines is 1. The Labute approximate surface area is 117 Å². The first kappa shape index (κ1) is 12.3. The molecule has 1 amide bonds. The molecule has 2 aliphatic heterocycles. The van der Waals surface area contributed by atoms with Crippen molar-refractivity contribution >= 4 is 11.9 Å². The third-order valence-corrected chi connectivity index (χ3v) is 4.66. The zero-order valence-corrected chi connectivity index (χ0v) is 11.5. The Balaban J connectivity index is 1.31. The van der Waals surface area contributed by atoms with Crippen LogP contribution in [0.1, 0.15) is 56.8 Å². The smallest absolute Gasteiger partial charge is 0.322 e. The summed E-state index contributed by atoms with van der Waals surface area (Å²) in [7, 11) is 0. The summed E-state index contributed by atoms with van der Waals surface area (Å²) >= 11 is 0. The summed E-state index contributed by atoms with van der Waals surface area (Å²) in [5.74, 6) is 1.58. The third kappa shape index (κ3) is 2.57. The highest BCUT2D eigenvalue weighted by molar-refractivity contribution is 5.88. The van der Waals surface area contributed by atoms with Gasteiger partial charge >= 0.3 is 6.01 Å². The van der Waals surface area contributed by atoms with E-state index >= 15 is 0 Å². The second-order valence-corrected chi connectivity index (χ2v) is 6.45. The van der Waals surface area contributed by atoms with E-state index in [0.717, 1.165) is 25.7 Å². The Morgan fingerprint density at radius 2 is 1.95 bits per heavy atom. The molecule has 3 fully saturated rings. The Kier molecular flexibility index (Phi) is 2.98. The van der Waals surface area contributed by atoms with Gasteiger partial charge in [-0.15, -0.1) is 5.10 Å². The van der Waals surface area contributed by atoms with Gasteiger partial charge in [0.2, 0.25) is 11.8 Å². The lowest BCUT2D eigenvalue weighted by molar-refractivity contribution is -0.117. The normalized spacial score (nSPS) is 32.3. The molecule has 1 saturated carbocycles. The molecule has 1 aliphatic carbocycles. The number of hydrogen-bond donors (Lipinski definition) is 2. The number of hydrogen-bond acceptors (Lipinski definition) is 5. The maximum Gasteiger partial charge on any atom is 0.322 e. The fourth-order valence-corrected chi connectivity index (χ4v) is 3.55. The van der Waals surface area contributed by atoms with Gasteiger partial charge in [-0.25, -0.2) is 0 Å². The number of carbonyl (C=O) groups excluding carboxylic acids is 1. The fraction of sp³-hybridized carbons (Fsp3) is 0.786. The second-order valence-electron chi connectivity index (χ2n) is 6.45. The van der Waals surface area contributed by atoms with E-state index < -0.39 is 0 Å². The SMILES string of the molecule is O=C(CC1CC2CCC(C1)N2)Nc1nnc(C2CC2)o1. The van der Waals surface area contributed by atoms with Crippen molar-refractivity contribution in [2.75, 3.05) is 5.32 Å². The summed E-state index contributed by atoms with van der Waals surface area (Å²) in [5, 5.41) is 14.2. The summed E-state index contributed by atoms with van der Waals surface area (Å²) in [6, 6.07) is 1.50. The van der Waals surface area contributed by atoms with Gasteiger partial charge in [0.1, 0.15) is 0 Å². The molecule has 3 heterocycles. The highest BCUT2D eigenvalue weighted by Gasteiger charge is 2.34. The fourth-order valence-electron chi connectivity index (χ4n) is 3.55. The van der Waals surface area contributed by atoms with Crippen molar-refractivity contribution in [3.8, 4) is 0 Å². The van der Waals surface area contributed by atoms with Crippen molar-refractivity contribution < 1.29 is 9.21 Å². The van der Waals surface area contributed by atoms with Crippen LogP contribution in [0.15, 0.2) is 4.42 Å². The van der Waals surface area contributed by atoms with Gasteiger partial charge in [-0.05, 0) is 44.4 Å². The highest BCUT2D eigenvalue weighted by Crippen LogP contribution is 2.39. The van der Waals surface area contributed by atoms with E-state index in [0.29, 0.717) is 36.2 Å². The van der Waals surface area contributed by atoms with Gasteiger partial charge in [-0.3, -0.25) is 10.1 Å². The Bertz CT molecular complexity index is 499. The molecule has 6 heteroatoms. The Morgan fingerprint density at radius 3 is 2.65 bits per heavy atom. The van der Waals surface area contributed by atoms with Crippen LogP contribution >= 0.6 is 0 Å². The van der Waals surface area contributed by atoms with Crippen molar-refractivity contribution in [1.29, 1.82) is 0 Å². The van der Waals surface area contributed by atoms with Crippen molar-refractivity contribution in [3.05, 3.63) is 5.89 Å². The lowest BCUT2D eigenvalue weighted by Crippen LogP contribution is -2.39. The van der Waals surface area contributed by atoms with Crippen LogP contribution in [-0.2, 0) is 4.79 Å². The number of nitrogens with one attached hydrogen (secondary N) is 2. The number of carbonyl (C=O) groups is 1. The van der Waals surface area contributed by atoms with Gasteiger partial charge < -0.3 is 9.73 Å². The van der Waals surface area contributed by atoms with Crippen LogP contribution in [0.2, 0.25) is 0 Å². The van der Waals surface area contributed by atoms with Crippen LogP contribution in [0.5, 0.6) is 0 Å². The van der Waals surface area contributed by atoms with Crippen molar-refractivity contribution in [1.82, 2.24) is 15.5 Å². The number of aromatic nitrogens is 2. The maximum absolute atomic E-state index is 12.0. The second kappa shape index (κ2) is 4.84. The standard InChI is InChI=1S/C14H20N4O2/c19-12(7-8-5-10-3-4-11(6-8)15-10)16-14-18-17-13(20-14)9-1-2-9/h8-11,15H,1-7H2,(H,16,18,19). The molecule has 6 nitrogen and oxygen atoms in total. The predicted octanol–water partition coefficient (Wildman–Crippen LogP) is 1.81. The molecule has 1 aromatic heterocycles. The summed E-state index contributed by atoms with van der Waals surface area (Å²) in [4.78, 5) is 12.0. The van der Waals surface area contributed by atoms with Gasteiger partial charge in [-0.2, -0.15) is 0 Å². The molecule has 2 atom stereocenters. The monoisotopic (exact) mass is 276 g/mol. The average molecular weight is 276 g/mol. The van der Waals surface area contributed by atoms with E-state index in [1.807, 2.05) is 0 Å². The Hall–Kier alpha value is -1.43. The van der Waals surface area contributed by atoms with E-state index in [9.17, 15) is 4.79 Å². The lowest BCUT2D eigenvalue weighted by Gasteiger charge is -2.28. The third-order valence-electron chi connectivity index (χ3n) is 4.66. The molecule has 0 spiro atoms. The molecule has 3 aliphatic rings. The number of fused-ring (bicyclic) bond motifs is 2. The first-order chi connectivity index (χ1) is 9.76. The number of piperidine rings is 1. The minimum atomic E-state index is 0.00213. The number of rotatable bonds is 4. The molecule has 108 valence electrons. The van der Waals surface area contributed by atoms with Gasteiger partial charge in [-0.1, -0.05) is 5.10 Å². The molecule has 20 heavy (non-hydrogen) atoms. The van der Waals surface area contributed by atoms with Gasteiger partial charge in [0.25, 0.3) is 0 Å². The number of nitrogens with zero attached hydrogens (tertiary/aromatic N) is 2. The molecular formula is C14H20N4O2. The quantitative estimate of drug-likeness (QED) is 0.876. The maximum atomic E-state index is 12.0. The van der Waals surface area contributed by atoms with Crippen LogP contribution in [0.3, 0.4) is 0 Å². The Morgan fingerprint density at radius 1 is 1.20 bits per heavy atom. The van der Waals surface area contributed by atoms with Crippen LogP contribution in [0.25, 0.3) is 0 Å². The molecular weight excluding hydrogens is 256 g/mol. The molecule has 1 aromatic rings. The molecule has 2 saturated heterocycles. The van der Waals surface area contributed by atoms with Crippen LogP contribution < -0.4 is 10.6 Å².